The minimum atomic E-state index is -1.35. The first-order valence-corrected chi connectivity index (χ1v) is 2.32. The number of carbonyl (C=O) groups excluding carboxylic acids is 1. The summed E-state index contributed by atoms with van der Waals surface area (Å²) in [7, 11) is -1.35. The molecule has 1 unspecified atom stereocenters. The first-order chi connectivity index (χ1) is 2.77. The van der Waals surface area contributed by atoms with Crippen LogP contribution in [0.4, 0.5) is 0 Å². The van der Waals surface area contributed by atoms with Crippen molar-refractivity contribution in [3.8, 4) is 0 Å². The van der Waals surface area contributed by atoms with Gasteiger partial charge in [0.05, 0.1) is 0 Å². The SMILES string of the molecule is CC(=O)O[PH2]=O.[NaH]. The van der Waals surface area contributed by atoms with Crippen molar-refractivity contribution in [1.29, 1.82) is 0 Å². The monoisotopic (exact) mass is 132 g/mol. The number of rotatable bonds is 1. The molecule has 3 nitrogen and oxygen atoms in total. The molecule has 0 bridgehead atoms. The second-order valence-corrected chi connectivity index (χ2v) is 1.13. The molecule has 0 saturated carbocycles. The van der Waals surface area contributed by atoms with Gasteiger partial charge in [0.25, 0.3) is 0 Å². The summed E-state index contributed by atoms with van der Waals surface area (Å²) in [4.78, 5) is 9.64. The summed E-state index contributed by atoms with van der Waals surface area (Å²) >= 11 is 0. The summed E-state index contributed by atoms with van der Waals surface area (Å²) in [5, 5.41) is 0. The van der Waals surface area contributed by atoms with Gasteiger partial charge in [-0.25, -0.2) is 0 Å². The maximum absolute atomic E-state index is 9.64. The van der Waals surface area contributed by atoms with Crippen LogP contribution in [0.5, 0.6) is 0 Å². The fraction of sp³-hybridized carbons (Fsp3) is 0.500. The molecule has 0 saturated heterocycles. The number of carbonyl (C=O) groups is 1. The molecule has 0 rings (SSSR count). The van der Waals surface area contributed by atoms with E-state index in [4.69, 9.17) is 0 Å². The van der Waals surface area contributed by atoms with E-state index < -0.39 is 14.7 Å². The van der Waals surface area contributed by atoms with E-state index in [0.717, 1.165) is 0 Å². The summed E-state index contributed by atoms with van der Waals surface area (Å²) in [5.41, 5.74) is 0. The Labute approximate surface area is 65.0 Å². The summed E-state index contributed by atoms with van der Waals surface area (Å²) in [5.74, 6) is -0.486. The van der Waals surface area contributed by atoms with Gasteiger partial charge in [-0.3, -0.25) is 9.36 Å². The third-order valence-corrected chi connectivity index (χ3v) is 0.642. The normalized spacial score (nSPS) is 8.14. The zero-order valence-electron chi connectivity index (χ0n) is 3.30. The minimum absolute atomic E-state index is 0. The fourth-order valence-corrected chi connectivity index (χ4v) is 0.203. The second-order valence-electron chi connectivity index (χ2n) is 0.706. The molecular weight excluding hydrogens is 126 g/mol. The van der Waals surface area contributed by atoms with Gasteiger partial charge in [0.1, 0.15) is 0 Å². The third-order valence-electron chi connectivity index (χ3n) is 0.214. The van der Waals surface area contributed by atoms with E-state index >= 15 is 0 Å². The van der Waals surface area contributed by atoms with Crippen LogP contribution < -0.4 is 0 Å². The molecular formula is C2H6NaO3P. The maximum atomic E-state index is 9.64. The zero-order valence-corrected chi connectivity index (χ0v) is 4.46. The van der Waals surface area contributed by atoms with Crippen molar-refractivity contribution < 1.29 is 13.9 Å². The molecule has 0 aliphatic rings. The van der Waals surface area contributed by atoms with Gasteiger partial charge in [-0.1, -0.05) is 0 Å². The first-order valence-electron chi connectivity index (χ1n) is 1.38. The third kappa shape index (κ3) is 10.8. The molecule has 0 spiro atoms. The van der Waals surface area contributed by atoms with Crippen molar-refractivity contribution >= 4 is 44.2 Å². The van der Waals surface area contributed by atoms with Gasteiger partial charge in [0.15, 0.2) is 0 Å². The van der Waals surface area contributed by atoms with E-state index in [1.54, 1.807) is 0 Å². The summed E-state index contributed by atoms with van der Waals surface area (Å²) in [6, 6.07) is 0. The van der Waals surface area contributed by atoms with Gasteiger partial charge < -0.3 is 4.52 Å². The van der Waals surface area contributed by atoms with Gasteiger partial charge in [-0.05, 0) is 0 Å². The van der Waals surface area contributed by atoms with E-state index in [0.29, 0.717) is 0 Å². The quantitative estimate of drug-likeness (QED) is 0.359. The molecule has 0 radical (unpaired) electrons. The predicted molar refractivity (Wildman–Crippen MR) is 29.3 cm³/mol. The molecule has 0 aromatic heterocycles. The molecule has 38 valence electrons. The molecule has 0 aromatic carbocycles. The molecule has 0 fully saturated rings. The van der Waals surface area contributed by atoms with Crippen LogP contribution in [0.3, 0.4) is 0 Å². The van der Waals surface area contributed by atoms with Crippen LogP contribution in [0, 0.1) is 0 Å². The molecule has 0 aliphatic heterocycles. The van der Waals surface area contributed by atoms with Crippen LogP contribution in [0.25, 0.3) is 0 Å². The van der Waals surface area contributed by atoms with Crippen molar-refractivity contribution in [3.05, 3.63) is 0 Å². The van der Waals surface area contributed by atoms with Crippen LogP contribution in [0.2, 0.25) is 0 Å². The average molecular weight is 132 g/mol. The Morgan fingerprint density at radius 1 is 1.71 bits per heavy atom. The summed E-state index contributed by atoms with van der Waals surface area (Å²) < 4.78 is 13.3. The Kier molecular flexibility index (Phi) is 10.2. The zero-order chi connectivity index (χ0) is 4.99. The van der Waals surface area contributed by atoms with E-state index in [-0.39, 0.29) is 29.6 Å². The van der Waals surface area contributed by atoms with Crippen LogP contribution in [-0.2, 0) is 13.9 Å². The van der Waals surface area contributed by atoms with Crippen molar-refractivity contribution in [2.24, 2.45) is 0 Å². The number of hydrogen-bond donors (Lipinski definition) is 0. The Hall–Kier alpha value is 0.700. The molecule has 1 atom stereocenters. The van der Waals surface area contributed by atoms with Gasteiger partial charge >= 0.3 is 35.5 Å². The Balaban J connectivity index is 0. The molecule has 0 aromatic rings. The topological polar surface area (TPSA) is 43.4 Å². The van der Waals surface area contributed by atoms with Gasteiger partial charge in [0.2, 0.25) is 8.69 Å². The molecule has 0 N–H and O–H groups in total. The Bertz CT molecular complexity index is 73.3. The second kappa shape index (κ2) is 6.70. The molecule has 0 aliphatic carbocycles. The van der Waals surface area contributed by atoms with E-state index in [1.165, 1.54) is 6.92 Å². The van der Waals surface area contributed by atoms with Crippen molar-refractivity contribution in [2.45, 2.75) is 6.92 Å². The van der Waals surface area contributed by atoms with Crippen molar-refractivity contribution in [1.82, 2.24) is 0 Å². The van der Waals surface area contributed by atoms with Gasteiger partial charge in [-0.2, -0.15) is 0 Å². The van der Waals surface area contributed by atoms with Crippen LogP contribution in [0.15, 0.2) is 0 Å². The molecule has 0 amide bonds. The fourth-order valence-electron chi connectivity index (χ4n) is 0.0678. The molecule has 7 heavy (non-hydrogen) atoms. The average Bonchev–Trinajstić information content (AvgIpc) is 1.35. The van der Waals surface area contributed by atoms with Gasteiger partial charge in [-0.15, -0.1) is 0 Å². The van der Waals surface area contributed by atoms with Crippen molar-refractivity contribution in [3.63, 3.8) is 0 Å². The van der Waals surface area contributed by atoms with E-state index in [2.05, 4.69) is 4.52 Å². The predicted octanol–water partition coefficient (Wildman–Crippen LogP) is -0.428. The standard InChI is InChI=1S/C2H5O3P.Na.H/c1-2(3)5-6-4;;/h6H2,1H3;;. The van der Waals surface area contributed by atoms with Crippen LogP contribution in [-0.4, -0.2) is 35.5 Å². The molecule has 5 heteroatoms. The Morgan fingerprint density at radius 3 is 2.14 bits per heavy atom. The Morgan fingerprint density at radius 2 is 2.14 bits per heavy atom. The number of hydrogen-bond acceptors (Lipinski definition) is 3. The van der Waals surface area contributed by atoms with Crippen LogP contribution >= 0.6 is 8.69 Å². The van der Waals surface area contributed by atoms with Gasteiger partial charge in [0, 0.05) is 6.92 Å². The van der Waals surface area contributed by atoms with E-state index in [1.807, 2.05) is 0 Å². The van der Waals surface area contributed by atoms with Crippen molar-refractivity contribution in [2.75, 3.05) is 0 Å². The summed E-state index contributed by atoms with van der Waals surface area (Å²) in [6.07, 6.45) is 0. The summed E-state index contributed by atoms with van der Waals surface area (Å²) in [6.45, 7) is 1.21. The van der Waals surface area contributed by atoms with E-state index in [9.17, 15) is 9.36 Å². The first kappa shape index (κ1) is 10.6. The van der Waals surface area contributed by atoms with Crippen LogP contribution in [0.1, 0.15) is 6.92 Å². The molecule has 0 heterocycles.